The lowest BCUT2D eigenvalue weighted by atomic mass is 9.92. The molecule has 1 spiro atoms. The van der Waals surface area contributed by atoms with Crippen LogP contribution in [0.3, 0.4) is 0 Å². The van der Waals surface area contributed by atoms with Crippen molar-refractivity contribution in [2.45, 2.75) is 56.5 Å². The van der Waals surface area contributed by atoms with Gasteiger partial charge in [-0.2, -0.15) is 0 Å². The molecule has 4 amide bonds. The fraction of sp³-hybridized carbons (Fsp3) is 0.550. The van der Waals surface area contributed by atoms with Crippen LogP contribution in [-0.4, -0.2) is 47.3 Å². The number of nitrogens with zero attached hydrogens (tertiary/aromatic N) is 2. The molecule has 0 unspecified atom stereocenters. The minimum absolute atomic E-state index is 0.163. The van der Waals surface area contributed by atoms with Crippen LogP contribution in [0, 0.1) is 0 Å². The number of hydrogen-bond acceptors (Lipinski definition) is 3. The van der Waals surface area contributed by atoms with Gasteiger partial charge in [0.2, 0.25) is 5.91 Å². The van der Waals surface area contributed by atoms with Crippen LogP contribution in [0.1, 0.15) is 49.7 Å². The zero-order valence-electron chi connectivity index (χ0n) is 15.2. The summed E-state index contributed by atoms with van der Waals surface area (Å²) >= 11 is 0. The Bertz CT molecular complexity index is 756. The van der Waals surface area contributed by atoms with E-state index in [1.54, 1.807) is 11.9 Å². The van der Waals surface area contributed by atoms with Crippen molar-refractivity contribution in [1.29, 1.82) is 0 Å². The van der Waals surface area contributed by atoms with Crippen molar-refractivity contribution in [2.75, 3.05) is 13.6 Å². The van der Waals surface area contributed by atoms with Crippen LogP contribution in [0.4, 0.5) is 4.79 Å². The number of amides is 4. The zero-order valence-corrected chi connectivity index (χ0v) is 15.2. The van der Waals surface area contributed by atoms with Gasteiger partial charge in [-0.15, -0.1) is 0 Å². The van der Waals surface area contributed by atoms with Crippen molar-refractivity contribution in [1.82, 2.24) is 15.1 Å². The number of hydrogen-bond donors (Lipinski definition) is 1. The van der Waals surface area contributed by atoms with Crippen LogP contribution in [0.2, 0.25) is 0 Å². The predicted molar refractivity (Wildman–Crippen MR) is 96.3 cm³/mol. The Morgan fingerprint density at radius 1 is 1.23 bits per heavy atom. The zero-order chi connectivity index (χ0) is 18.3. The molecule has 3 aliphatic rings. The summed E-state index contributed by atoms with van der Waals surface area (Å²) in [7, 11) is 1.79. The second-order valence-corrected chi connectivity index (χ2v) is 7.68. The Hall–Kier alpha value is -2.37. The second kappa shape index (κ2) is 6.41. The van der Waals surface area contributed by atoms with E-state index in [0.29, 0.717) is 6.42 Å². The molecular weight excluding hydrogens is 330 g/mol. The average molecular weight is 355 g/mol. The number of carbonyl (C=O) groups excluding carboxylic acids is 3. The lowest BCUT2D eigenvalue weighted by molar-refractivity contribution is -0.139. The molecule has 4 rings (SSSR count). The summed E-state index contributed by atoms with van der Waals surface area (Å²) in [5.41, 5.74) is 0.972. The fourth-order valence-corrected chi connectivity index (χ4v) is 4.65. The van der Waals surface area contributed by atoms with E-state index in [1.807, 2.05) is 24.3 Å². The van der Waals surface area contributed by atoms with E-state index in [0.717, 1.165) is 48.1 Å². The number of imide groups is 1. The number of carbonyl (C=O) groups is 3. The van der Waals surface area contributed by atoms with Gasteiger partial charge in [-0.25, -0.2) is 4.79 Å². The number of likely N-dealkylation sites (N-methyl/N-ethyl adjacent to an activating group) is 1. The molecule has 2 fully saturated rings. The van der Waals surface area contributed by atoms with Crippen molar-refractivity contribution in [3.8, 4) is 0 Å². The first-order chi connectivity index (χ1) is 12.5. The summed E-state index contributed by atoms with van der Waals surface area (Å²) in [6.07, 6.45) is 6.79. The van der Waals surface area contributed by atoms with Crippen LogP contribution in [0.15, 0.2) is 24.3 Å². The topological polar surface area (TPSA) is 69.7 Å². The molecule has 26 heavy (non-hydrogen) atoms. The molecule has 1 saturated heterocycles. The van der Waals surface area contributed by atoms with Gasteiger partial charge in [-0.1, -0.05) is 43.5 Å². The number of urea groups is 1. The van der Waals surface area contributed by atoms with E-state index >= 15 is 0 Å². The minimum Gasteiger partial charge on any atom is -0.341 e. The summed E-state index contributed by atoms with van der Waals surface area (Å²) in [5, 5.41) is 2.88. The molecule has 0 radical (unpaired) electrons. The summed E-state index contributed by atoms with van der Waals surface area (Å²) in [6.45, 7) is -0.179. The molecular formula is C20H25N3O3. The van der Waals surface area contributed by atoms with Crippen molar-refractivity contribution < 1.29 is 14.4 Å². The average Bonchev–Trinajstić information content (AvgIpc) is 3.15. The Kier molecular flexibility index (Phi) is 4.21. The van der Waals surface area contributed by atoms with Crippen LogP contribution in [0.25, 0.3) is 0 Å². The van der Waals surface area contributed by atoms with Crippen LogP contribution >= 0.6 is 0 Å². The molecule has 2 aliphatic carbocycles. The van der Waals surface area contributed by atoms with Crippen LogP contribution in [-0.2, 0) is 21.5 Å². The number of benzene rings is 1. The van der Waals surface area contributed by atoms with Gasteiger partial charge in [0, 0.05) is 13.1 Å². The molecule has 1 saturated carbocycles. The van der Waals surface area contributed by atoms with Gasteiger partial charge in [0.25, 0.3) is 5.91 Å². The molecule has 1 aliphatic heterocycles. The number of fused-ring (bicyclic) bond motifs is 2. The molecule has 6 nitrogen and oxygen atoms in total. The third-order valence-electron chi connectivity index (χ3n) is 6.23. The maximum Gasteiger partial charge on any atom is 0.325 e. The molecule has 1 atom stereocenters. The first-order valence-electron chi connectivity index (χ1n) is 9.51. The van der Waals surface area contributed by atoms with Gasteiger partial charge < -0.3 is 10.2 Å². The van der Waals surface area contributed by atoms with Gasteiger partial charge >= 0.3 is 6.03 Å². The monoisotopic (exact) mass is 355 g/mol. The summed E-state index contributed by atoms with van der Waals surface area (Å²) in [4.78, 5) is 41.1. The third-order valence-corrected chi connectivity index (χ3v) is 6.23. The van der Waals surface area contributed by atoms with Gasteiger partial charge in [-0.3, -0.25) is 14.5 Å². The second-order valence-electron chi connectivity index (χ2n) is 7.68. The lowest BCUT2D eigenvalue weighted by Gasteiger charge is -2.32. The maximum absolute atomic E-state index is 13.1. The summed E-state index contributed by atoms with van der Waals surface area (Å²) in [5.74, 6) is -0.457. The highest BCUT2D eigenvalue weighted by Gasteiger charge is 2.55. The van der Waals surface area contributed by atoms with Gasteiger partial charge in [0.05, 0.1) is 0 Å². The van der Waals surface area contributed by atoms with Crippen molar-refractivity contribution in [3.63, 3.8) is 0 Å². The molecule has 0 bridgehead atoms. The van der Waals surface area contributed by atoms with Gasteiger partial charge in [0.15, 0.2) is 0 Å². The number of rotatable bonds is 3. The van der Waals surface area contributed by atoms with Crippen LogP contribution < -0.4 is 5.32 Å². The fourth-order valence-electron chi connectivity index (χ4n) is 4.65. The maximum atomic E-state index is 13.1. The predicted octanol–water partition coefficient (Wildman–Crippen LogP) is 2.17. The van der Waals surface area contributed by atoms with E-state index in [2.05, 4.69) is 5.32 Å². The Morgan fingerprint density at radius 2 is 1.96 bits per heavy atom. The highest BCUT2D eigenvalue weighted by atomic mass is 16.2. The standard InChI is InChI=1S/C20H25N3O3/c1-22(15-8-3-2-4-9-15)17(24)13-23-18(25)20(21-19(23)26)12-11-14-7-5-6-10-16(14)20/h5-7,10,15H,2-4,8-9,11-13H2,1H3,(H,21,26)/t20-/m0/s1. The first-order valence-corrected chi connectivity index (χ1v) is 9.51. The SMILES string of the molecule is CN(C(=O)CN1C(=O)N[C@]2(CCc3ccccc32)C1=O)C1CCCCC1. The quantitative estimate of drug-likeness (QED) is 0.845. The van der Waals surface area contributed by atoms with Crippen molar-refractivity contribution in [2.24, 2.45) is 0 Å². The summed E-state index contributed by atoms with van der Waals surface area (Å²) in [6, 6.07) is 7.49. The van der Waals surface area contributed by atoms with Gasteiger partial charge in [0.1, 0.15) is 12.1 Å². The molecule has 1 N–H and O–H groups in total. The first kappa shape index (κ1) is 17.1. The molecule has 1 heterocycles. The number of aryl methyl sites for hydroxylation is 1. The van der Waals surface area contributed by atoms with E-state index in [-0.39, 0.29) is 24.4 Å². The lowest BCUT2D eigenvalue weighted by Crippen LogP contribution is -2.46. The van der Waals surface area contributed by atoms with E-state index in [9.17, 15) is 14.4 Å². The Morgan fingerprint density at radius 3 is 2.73 bits per heavy atom. The normalized spacial score (nSPS) is 25.5. The highest BCUT2D eigenvalue weighted by molar-refractivity contribution is 6.09. The minimum atomic E-state index is -0.989. The van der Waals surface area contributed by atoms with E-state index in [1.165, 1.54) is 6.42 Å². The van der Waals surface area contributed by atoms with Crippen molar-refractivity contribution >= 4 is 17.8 Å². The van der Waals surface area contributed by atoms with E-state index < -0.39 is 11.6 Å². The Labute approximate surface area is 153 Å². The molecule has 1 aromatic rings. The third kappa shape index (κ3) is 2.59. The summed E-state index contributed by atoms with van der Waals surface area (Å²) < 4.78 is 0. The molecule has 0 aromatic heterocycles. The highest BCUT2D eigenvalue weighted by Crippen LogP contribution is 2.41. The Balaban J connectivity index is 1.51. The van der Waals surface area contributed by atoms with Gasteiger partial charge in [-0.05, 0) is 36.8 Å². The van der Waals surface area contributed by atoms with Crippen LogP contribution in [0.5, 0.6) is 0 Å². The van der Waals surface area contributed by atoms with Crippen molar-refractivity contribution in [3.05, 3.63) is 35.4 Å². The molecule has 1 aromatic carbocycles. The number of nitrogens with one attached hydrogen (secondary N) is 1. The molecule has 6 heteroatoms. The largest absolute Gasteiger partial charge is 0.341 e. The smallest absolute Gasteiger partial charge is 0.325 e. The molecule has 138 valence electrons. The van der Waals surface area contributed by atoms with E-state index in [4.69, 9.17) is 0 Å².